The number of carbonyl (C=O) groups excluding carboxylic acids is 1. The van der Waals surface area contributed by atoms with Gasteiger partial charge in [0.05, 0.1) is 5.56 Å². The normalized spacial score (nSPS) is 9.84. The molecule has 0 amide bonds. The number of hydrogen-bond acceptors (Lipinski definition) is 2. The van der Waals surface area contributed by atoms with Crippen molar-refractivity contribution in [1.29, 1.82) is 0 Å². The maximum atomic E-state index is 12.3. The number of aryl methyl sites for hydroxylation is 2. The number of benzene rings is 3. The fraction of sp³-hybridized carbons (Fsp3) is 0.0870. The van der Waals surface area contributed by atoms with Crippen LogP contribution in [0.25, 0.3) is 0 Å². The van der Waals surface area contributed by atoms with Gasteiger partial charge in [0.25, 0.3) is 0 Å². The van der Waals surface area contributed by atoms with E-state index in [0.29, 0.717) is 11.3 Å². The predicted molar refractivity (Wildman–Crippen MR) is 99.7 cm³/mol. The van der Waals surface area contributed by atoms with Crippen molar-refractivity contribution in [3.05, 3.63) is 101 Å². The Morgan fingerprint density at radius 1 is 0.840 bits per heavy atom. The summed E-state index contributed by atoms with van der Waals surface area (Å²) in [4.78, 5) is 12.3. The molecule has 2 nitrogen and oxygen atoms in total. The van der Waals surface area contributed by atoms with Crippen LogP contribution in [0.1, 0.15) is 32.6 Å². The zero-order valence-electron chi connectivity index (χ0n) is 14.2. The smallest absolute Gasteiger partial charge is 0.343 e. The molecular weight excluding hydrogens is 308 g/mol. The minimum atomic E-state index is -0.366. The molecule has 0 bridgehead atoms. The fourth-order valence-electron chi connectivity index (χ4n) is 2.36. The van der Waals surface area contributed by atoms with E-state index < -0.39 is 0 Å². The molecule has 0 aliphatic rings. The molecule has 3 aromatic rings. The molecule has 25 heavy (non-hydrogen) atoms. The average molecular weight is 326 g/mol. The summed E-state index contributed by atoms with van der Waals surface area (Å²) in [5.41, 5.74) is 4.45. The van der Waals surface area contributed by atoms with Crippen LogP contribution in [0.4, 0.5) is 0 Å². The average Bonchev–Trinajstić information content (AvgIpc) is 2.63. The van der Waals surface area contributed by atoms with Crippen molar-refractivity contribution >= 4 is 5.97 Å². The Labute approximate surface area is 148 Å². The minimum absolute atomic E-state index is 0.366. The molecule has 0 aromatic heterocycles. The number of hydrogen-bond donors (Lipinski definition) is 0. The van der Waals surface area contributed by atoms with Gasteiger partial charge in [-0.05, 0) is 61.9 Å². The van der Waals surface area contributed by atoms with Gasteiger partial charge in [0, 0.05) is 11.1 Å². The van der Waals surface area contributed by atoms with Gasteiger partial charge in [-0.25, -0.2) is 4.79 Å². The standard InChI is InChI=1S/C23H18O2/c1-17-8-14-22(15-9-17)25-23(24)21-13-12-20(18(2)16-21)11-10-19-6-4-3-5-7-19/h3-9,12-16H,1-2H3. The monoisotopic (exact) mass is 326 g/mol. The van der Waals surface area contributed by atoms with Crippen molar-refractivity contribution in [1.82, 2.24) is 0 Å². The second-order valence-electron chi connectivity index (χ2n) is 5.85. The van der Waals surface area contributed by atoms with Gasteiger partial charge in [-0.3, -0.25) is 0 Å². The van der Waals surface area contributed by atoms with Crippen LogP contribution in [0.5, 0.6) is 5.75 Å². The summed E-state index contributed by atoms with van der Waals surface area (Å²) in [6, 6.07) is 22.6. The number of ether oxygens (including phenoxy) is 1. The van der Waals surface area contributed by atoms with Crippen molar-refractivity contribution in [3.8, 4) is 17.6 Å². The van der Waals surface area contributed by atoms with Crippen molar-refractivity contribution in [2.75, 3.05) is 0 Å². The summed E-state index contributed by atoms with van der Waals surface area (Å²) in [5.74, 6) is 6.46. The molecule has 0 aliphatic heterocycles. The van der Waals surface area contributed by atoms with E-state index in [1.54, 1.807) is 18.2 Å². The molecule has 0 saturated heterocycles. The van der Waals surface area contributed by atoms with Crippen LogP contribution in [0.15, 0.2) is 72.8 Å². The molecule has 3 rings (SSSR count). The second-order valence-corrected chi connectivity index (χ2v) is 5.85. The first-order valence-corrected chi connectivity index (χ1v) is 8.08. The van der Waals surface area contributed by atoms with E-state index in [0.717, 1.165) is 22.3 Å². The minimum Gasteiger partial charge on any atom is -0.423 e. The molecular formula is C23H18O2. The third kappa shape index (κ3) is 4.37. The third-order valence-corrected chi connectivity index (χ3v) is 3.81. The molecule has 0 heterocycles. The van der Waals surface area contributed by atoms with Crippen LogP contribution in [0, 0.1) is 25.7 Å². The first-order valence-electron chi connectivity index (χ1n) is 8.08. The molecule has 2 heteroatoms. The molecule has 0 fully saturated rings. The van der Waals surface area contributed by atoms with Gasteiger partial charge in [-0.2, -0.15) is 0 Å². The van der Waals surface area contributed by atoms with Crippen molar-refractivity contribution in [3.63, 3.8) is 0 Å². The summed E-state index contributed by atoms with van der Waals surface area (Å²) >= 11 is 0. The summed E-state index contributed by atoms with van der Waals surface area (Å²) in [6.45, 7) is 3.93. The van der Waals surface area contributed by atoms with Crippen molar-refractivity contribution in [2.24, 2.45) is 0 Å². The highest BCUT2D eigenvalue weighted by atomic mass is 16.5. The highest BCUT2D eigenvalue weighted by Crippen LogP contribution is 2.16. The Morgan fingerprint density at radius 2 is 1.56 bits per heavy atom. The van der Waals surface area contributed by atoms with Crippen LogP contribution in [-0.4, -0.2) is 5.97 Å². The van der Waals surface area contributed by atoms with Crippen LogP contribution in [-0.2, 0) is 0 Å². The maximum Gasteiger partial charge on any atom is 0.343 e. The van der Waals surface area contributed by atoms with E-state index in [4.69, 9.17) is 4.74 Å². The molecule has 0 aliphatic carbocycles. The number of carbonyl (C=O) groups is 1. The largest absolute Gasteiger partial charge is 0.423 e. The fourth-order valence-corrected chi connectivity index (χ4v) is 2.36. The van der Waals surface area contributed by atoms with E-state index in [1.807, 2.05) is 68.4 Å². The summed E-state index contributed by atoms with van der Waals surface area (Å²) in [6.07, 6.45) is 0. The van der Waals surface area contributed by atoms with Crippen LogP contribution in [0.3, 0.4) is 0 Å². The van der Waals surface area contributed by atoms with E-state index in [2.05, 4.69) is 11.8 Å². The van der Waals surface area contributed by atoms with Crippen molar-refractivity contribution < 1.29 is 9.53 Å². The number of esters is 1. The lowest BCUT2D eigenvalue weighted by atomic mass is 10.0. The van der Waals surface area contributed by atoms with Crippen LogP contribution >= 0.6 is 0 Å². The van der Waals surface area contributed by atoms with E-state index in [1.165, 1.54) is 0 Å². The molecule has 0 saturated carbocycles. The summed E-state index contributed by atoms with van der Waals surface area (Å²) in [5, 5.41) is 0. The van der Waals surface area contributed by atoms with Gasteiger partial charge in [0.15, 0.2) is 0 Å². The van der Waals surface area contributed by atoms with Crippen LogP contribution in [0.2, 0.25) is 0 Å². The number of rotatable bonds is 2. The molecule has 0 N–H and O–H groups in total. The van der Waals surface area contributed by atoms with Gasteiger partial charge in [-0.15, -0.1) is 0 Å². The Balaban J connectivity index is 1.76. The van der Waals surface area contributed by atoms with E-state index in [9.17, 15) is 4.79 Å². The topological polar surface area (TPSA) is 26.3 Å². The third-order valence-electron chi connectivity index (χ3n) is 3.81. The first-order chi connectivity index (χ1) is 12.1. The first kappa shape index (κ1) is 16.5. The molecule has 0 atom stereocenters. The summed E-state index contributed by atoms with van der Waals surface area (Å²) < 4.78 is 5.40. The SMILES string of the molecule is Cc1ccc(OC(=O)c2ccc(C#Cc3ccccc3)c(C)c2)cc1. The Kier molecular flexibility index (Phi) is 4.97. The maximum absolute atomic E-state index is 12.3. The van der Waals surface area contributed by atoms with Gasteiger partial charge < -0.3 is 4.74 Å². The Bertz CT molecular complexity index is 943. The lowest BCUT2D eigenvalue weighted by Crippen LogP contribution is -2.08. The van der Waals surface area contributed by atoms with Gasteiger partial charge >= 0.3 is 5.97 Å². The lowest BCUT2D eigenvalue weighted by molar-refractivity contribution is 0.0734. The predicted octanol–water partition coefficient (Wildman–Crippen LogP) is 4.92. The molecule has 122 valence electrons. The lowest BCUT2D eigenvalue weighted by Gasteiger charge is -2.06. The van der Waals surface area contributed by atoms with Crippen LogP contribution < -0.4 is 4.74 Å². The highest BCUT2D eigenvalue weighted by Gasteiger charge is 2.10. The van der Waals surface area contributed by atoms with Gasteiger partial charge in [0.2, 0.25) is 0 Å². The highest BCUT2D eigenvalue weighted by molar-refractivity contribution is 5.91. The zero-order valence-corrected chi connectivity index (χ0v) is 14.2. The Morgan fingerprint density at radius 3 is 2.24 bits per heavy atom. The van der Waals surface area contributed by atoms with E-state index in [-0.39, 0.29) is 5.97 Å². The summed E-state index contributed by atoms with van der Waals surface area (Å²) in [7, 11) is 0. The van der Waals surface area contributed by atoms with E-state index >= 15 is 0 Å². The van der Waals surface area contributed by atoms with Crippen molar-refractivity contribution in [2.45, 2.75) is 13.8 Å². The zero-order chi connectivity index (χ0) is 17.6. The molecule has 0 radical (unpaired) electrons. The van der Waals surface area contributed by atoms with Gasteiger partial charge in [0.1, 0.15) is 5.75 Å². The second kappa shape index (κ2) is 7.51. The van der Waals surface area contributed by atoms with Gasteiger partial charge in [-0.1, -0.05) is 47.7 Å². The molecule has 3 aromatic carbocycles. The molecule has 0 unspecified atom stereocenters. The molecule has 0 spiro atoms. The quantitative estimate of drug-likeness (QED) is 0.379. The Hall–Kier alpha value is -3.31.